The van der Waals surface area contributed by atoms with Crippen LogP contribution in [0.15, 0.2) is 48.5 Å². The second kappa shape index (κ2) is 8.56. The molecule has 0 N–H and O–H groups in total. The molecule has 0 unspecified atom stereocenters. The van der Waals surface area contributed by atoms with Crippen molar-refractivity contribution < 1.29 is 21.7 Å². The fourth-order valence-corrected chi connectivity index (χ4v) is 1.32. The molecule has 0 heterocycles. The van der Waals surface area contributed by atoms with Crippen molar-refractivity contribution >= 4 is 23.1 Å². The first-order valence-corrected chi connectivity index (χ1v) is 5.00. The van der Waals surface area contributed by atoms with E-state index in [1.165, 1.54) is 5.56 Å². The maximum atomic E-state index is 5.62. The largest absolute Gasteiger partial charge is 2.00 e. The monoisotopic (exact) mass is 300 g/mol. The molecule has 17 heavy (non-hydrogen) atoms. The van der Waals surface area contributed by atoms with Crippen LogP contribution in [-0.2, 0) is 6.61 Å². The molecule has 1 nitrogen and oxygen atoms in total. The molecule has 0 atom stereocenters. The molecule has 0 spiro atoms. The van der Waals surface area contributed by atoms with E-state index in [9.17, 15) is 0 Å². The van der Waals surface area contributed by atoms with E-state index < -0.39 is 0 Å². The Kier molecular flexibility index (Phi) is 8.30. The van der Waals surface area contributed by atoms with Crippen molar-refractivity contribution in [1.29, 1.82) is 0 Å². The van der Waals surface area contributed by atoms with Gasteiger partial charge in [0.1, 0.15) is 5.75 Å². The summed E-state index contributed by atoms with van der Waals surface area (Å²) in [6.45, 7) is 2.64. The maximum absolute atomic E-state index is 5.62. The minimum atomic E-state index is 0. The summed E-state index contributed by atoms with van der Waals surface area (Å²) in [6, 6.07) is 19.0. The number of ether oxygens (including phenoxy) is 1. The Morgan fingerprint density at radius 2 is 1.76 bits per heavy atom. The molecule has 2 rings (SSSR count). The molecular formula is C14H13BrMgO. The van der Waals surface area contributed by atoms with Gasteiger partial charge in [-0.05, 0) is 19.1 Å². The third-order valence-corrected chi connectivity index (χ3v) is 2.19. The summed E-state index contributed by atoms with van der Waals surface area (Å²) >= 11 is 0. The van der Waals surface area contributed by atoms with Gasteiger partial charge in [-0.15, -0.1) is 5.56 Å². The number of rotatable bonds is 3. The van der Waals surface area contributed by atoms with Crippen LogP contribution < -0.4 is 21.7 Å². The summed E-state index contributed by atoms with van der Waals surface area (Å²) in [5.74, 6) is 0.901. The second-order valence-electron chi connectivity index (χ2n) is 3.49. The molecular weight excluding hydrogens is 288 g/mol. The molecule has 0 amide bonds. The van der Waals surface area contributed by atoms with E-state index in [2.05, 4.69) is 13.0 Å². The molecule has 0 fully saturated rings. The molecule has 2 aromatic carbocycles. The summed E-state index contributed by atoms with van der Waals surface area (Å²) in [7, 11) is 0. The molecule has 0 aromatic heterocycles. The zero-order valence-corrected chi connectivity index (χ0v) is 12.8. The van der Waals surface area contributed by atoms with Crippen LogP contribution in [0.1, 0.15) is 11.1 Å². The van der Waals surface area contributed by atoms with Crippen LogP contribution in [0, 0.1) is 13.0 Å². The number of benzene rings is 2. The van der Waals surface area contributed by atoms with Crippen LogP contribution in [-0.4, -0.2) is 23.1 Å². The summed E-state index contributed by atoms with van der Waals surface area (Å²) in [5, 5.41) is 0. The molecule has 0 aliphatic carbocycles. The van der Waals surface area contributed by atoms with E-state index in [4.69, 9.17) is 4.74 Å². The number of aryl methyl sites for hydroxylation is 1. The van der Waals surface area contributed by atoms with Crippen molar-refractivity contribution in [2.45, 2.75) is 13.5 Å². The fourth-order valence-electron chi connectivity index (χ4n) is 1.32. The summed E-state index contributed by atoms with van der Waals surface area (Å²) in [4.78, 5) is 0. The van der Waals surface area contributed by atoms with Gasteiger partial charge < -0.3 is 21.7 Å². The van der Waals surface area contributed by atoms with E-state index in [0.717, 1.165) is 11.3 Å². The van der Waals surface area contributed by atoms with E-state index in [1.807, 2.05) is 48.5 Å². The average molecular weight is 301 g/mol. The van der Waals surface area contributed by atoms with Gasteiger partial charge in [0.05, 0.1) is 6.61 Å². The fraction of sp³-hybridized carbons (Fsp3) is 0.143. The van der Waals surface area contributed by atoms with Crippen LogP contribution in [0.4, 0.5) is 0 Å². The second-order valence-corrected chi connectivity index (χ2v) is 3.49. The molecule has 3 heteroatoms. The van der Waals surface area contributed by atoms with E-state index in [0.29, 0.717) is 6.61 Å². The summed E-state index contributed by atoms with van der Waals surface area (Å²) in [5.41, 5.74) is 2.31. The van der Waals surface area contributed by atoms with Gasteiger partial charge in [-0.2, -0.15) is 30.3 Å². The van der Waals surface area contributed by atoms with Crippen LogP contribution >= 0.6 is 0 Å². The predicted octanol–water partition coefficient (Wildman–Crippen LogP) is -0.00259. The normalized spacial score (nSPS) is 8.76. The molecule has 2 aromatic rings. The maximum Gasteiger partial charge on any atom is 2.00 e. The smallest absolute Gasteiger partial charge is 1.00 e. The van der Waals surface area contributed by atoms with Crippen molar-refractivity contribution in [2.24, 2.45) is 0 Å². The number of hydrogen-bond donors (Lipinski definition) is 0. The van der Waals surface area contributed by atoms with Crippen LogP contribution in [0.3, 0.4) is 0 Å². The first-order chi connectivity index (χ1) is 7.34. The molecule has 84 valence electrons. The summed E-state index contributed by atoms with van der Waals surface area (Å²) < 4.78 is 5.62. The Morgan fingerprint density at radius 3 is 2.35 bits per heavy atom. The molecule has 0 saturated carbocycles. The molecule has 0 aliphatic rings. The third-order valence-electron chi connectivity index (χ3n) is 2.19. The van der Waals surface area contributed by atoms with Gasteiger partial charge in [-0.25, -0.2) is 0 Å². The van der Waals surface area contributed by atoms with Gasteiger partial charge in [0.15, 0.2) is 0 Å². The van der Waals surface area contributed by atoms with Gasteiger partial charge in [0.25, 0.3) is 0 Å². The van der Waals surface area contributed by atoms with Crippen molar-refractivity contribution in [1.82, 2.24) is 0 Å². The van der Waals surface area contributed by atoms with Crippen LogP contribution in [0.2, 0.25) is 0 Å². The van der Waals surface area contributed by atoms with Crippen molar-refractivity contribution in [2.75, 3.05) is 0 Å². The zero-order valence-electron chi connectivity index (χ0n) is 9.82. The van der Waals surface area contributed by atoms with Gasteiger partial charge in [0.2, 0.25) is 0 Å². The Hall–Kier alpha value is -0.514. The van der Waals surface area contributed by atoms with Gasteiger partial charge >= 0.3 is 23.1 Å². The Bertz CT molecular complexity index is 414. The standard InChI is InChI=1S/C14H13O.BrH.Mg/c1-12-7-9-14(10-8-12)15-11-13-5-3-2-4-6-13;;/h2-5,7-10H,11H2,1H3;1H;/q-1;;+2/p-1. The van der Waals surface area contributed by atoms with E-state index in [-0.39, 0.29) is 40.0 Å². The third kappa shape index (κ3) is 5.57. The van der Waals surface area contributed by atoms with Crippen molar-refractivity contribution in [3.8, 4) is 5.75 Å². The Labute approximate surface area is 129 Å². The molecule has 0 aliphatic heterocycles. The van der Waals surface area contributed by atoms with Gasteiger partial charge in [0, 0.05) is 0 Å². The Morgan fingerprint density at radius 1 is 1.06 bits per heavy atom. The first kappa shape index (κ1) is 16.5. The summed E-state index contributed by atoms with van der Waals surface area (Å²) in [6.07, 6.45) is 0. The van der Waals surface area contributed by atoms with Gasteiger partial charge in [-0.3, -0.25) is 0 Å². The van der Waals surface area contributed by atoms with Crippen molar-refractivity contribution in [3.05, 3.63) is 65.7 Å². The van der Waals surface area contributed by atoms with Gasteiger partial charge in [-0.1, -0.05) is 17.7 Å². The quantitative estimate of drug-likeness (QED) is 0.573. The minimum absolute atomic E-state index is 0. The predicted molar refractivity (Wildman–Crippen MR) is 66.5 cm³/mol. The zero-order chi connectivity index (χ0) is 10.5. The first-order valence-electron chi connectivity index (χ1n) is 5.00. The minimum Gasteiger partial charge on any atom is -1.00 e. The van der Waals surface area contributed by atoms with Crippen LogP contribution in [0.5, 0.6) is 5.75 Å². The van der Waals surface area contributed by atoms with E-state index in [1.54, 1.807) is 0 Å². The average Bonchev–Trinajstić information content (AvgIpc) is 2.30. The van der Waals surface area contributed by atoms with Crippen molar-refractivity contribution in [3.63, 3.8) is 0 Å². The topological polar surface area (TPSA) is 9.23 Å². The number of halogens is 1. The Balaban J connectivity index is 0.00000128. The van der Waals surface area contributed by atoms with E-state index >= 15 is 0 Å². The SMILES string of the molecule is Cc1ccc(OCc2[c-]cccc2)cc1.[Br-].[Mg+2]. The molecule has 0 radical (unpaired) electrons. The molecule has 0 saturated heterocycles. The number of hydrogen-bond acceptors (Lipinski definition) is 1. The van der Waals surface area contributed by atoms with Crippen LogP contribution in [0.25, 0.3) is 0 Å². The molecule has 0 bridgehead atoms.